The Morgan fingerprint density at radius 1 is 1.24 bits per heavy atom. The molecule has 0 amide bonds. The average Bonchev–Trinajstić information content (AvgIpc) is 2.29. The highest BCUT2D eigenvalue weighted by Crippen LogP contribution is 2.38. The van der Waals surface area contributed by atoms with Crippen LogP contribution in [-0.4, -0.2) is 6.61 Å². The van der Waals surface area contributed by atoms with Gasteiger partial charge in [0.1, 0.15) is 5.75 Å². The van der Waals surface area contributed by atoms with Crippen molar-refractivity contribution in [1.82, 2.24) is 0 Å². The molecular weight excluding hydrogens is 232 g/mol. The number of aryl methyl sites for hydroxylation is 1. The van der Waals surface area contributed by atoms with Crippen LogP contribution in [0.2, 0.25) is 0 Å². The summed E-state index contributed by atoms with van der Waals surface area (Å²) in [5, 5.41) is 0.0106. The lowest BCUT2D eigenvalue weighted by Gasteiger charge is -2.24. The van der Waals surface area contributed by atoms with Crippen molar-refractivity contribution in [3.8, 4) is 5.75 Å². The van der Waals surface area contributed by atoms with Crippen LogP contribution in [0.15, 0.2) is 18.2 Å². The van der Waals surface area contributed by atoms with Crippen LogP contribution in [-0.2, 0) is 0 Å². The summed E-state index contributed by atoms with van der Waals surface area (Å²) in [5.41, 5.74) is 2.35. The Morgan fingerprint density at radius 3 is 2.41 bits per heavy atom. The smallest absolute Gasteiger partial charge is 0.123 e. The first kappa shape index (κ1) is 14.4. The van der Waals surface area contributed by atoms with Gasteiger partial charge in [0.2, 0.25) is 0 Å². The third-order valence-corrected chi connectivity index (χ3v) is 3.91. The van der Waals surface area contributed by atoms with Crippen molar-refractivity contribution in [3.05, 3.63) is 29.3 Å². The van der Waals surface area contributed by atoms with Crippen LogP contribution >= 0.6 is 11.6 Å². The van der Waals surface area contributed by atoms with E-state index in [9.17, 15) is 0 Å². The summed E-state index contributed by atoms with van der Waals surface area (Å²) < 4.78 is 5.66. The lowest BCUT2D eigenvalue weighted by atomic mass is 9.89. The van der Waals surface area contributed by atoms with Crippen molar-refractivity contribution in [3.63, 3.8) is 0 Å². The third-order valence-electron chi connectivity index (χ3n) is 3.28. The third kappa shape index (κ3) is 3.64. The molecule has 0 bridgehead atoms. The molecule has 0 aliphatic heterocycles. The van der Waals surface area contributed by atoms with E-state index in [1.807, 2.05) is 13.0 Å². The van der Waals surface area contributed by atoms with Gasteiger partial charge in [0, 0.05) is 5.56 Å². The largest absolute Gasteiger partial charge is 0.494 e. The van der Waals surface area contributed by atoms with Crippen LogP contribution < -0.4 is 4.74 Å². The Labute approximate surface area is 110 Å². The van der Waals surface area contributed by atoms with E-state index >= 15 is 0 Å². The Balaban J connectivity index is 3.05. The molecule has 0 saturated carbocycles. The second kappa shape index (κ2) is 6.30. The summed E-state index contributed by atoms with van der Waals surface area (Å²) in [7, 11) is 0. The predicted molar refractivity (Wildman–Crippen MR) is 74.9 cm³/mol. The van der Waals surface area contributed by atoms with E-state index in [2.05, 4.69) is 39.8 Å². The van der Waals surface area contributed by atoms with Gasteiger partial charge < -0.3 is 4.74 Å². The molecule has 1 nitrogen and oxygen atoms in total. The number of hydrogen-bond acceptors (Lipinski definition) is 1. The lowest BCUT2D eigenvalue weighted by molar-refractivity contribution is 0.328. The quantitative estimate of drug-likeness (QED) is 0.675. The molecule has 0 aliphatic rings. The van der Waals surface area contributed by atoms with Crippen molar-refractivity contribution in [1.29, 1.82) is 0 Å². The molecule has 0 aliphatic carbocycles. The van der Waals surface area contributed by atoms with E-state index in [-0.39, 0.29) is 5.38 Å². The lowest BCUT2D eigenvalue weighted by Crippen LogP contribution is -2.12. The number of benzene rings is 1. The van der Waals surface area contributed by atoms with Crippen LogP contribution in [0.4, 0.5) is 0 Å². The normalized spacial score (nSPS) is 14.8. The summed E-state index contributed by atoms with van der Waals surface area (Å²) in [5.74, 6) is 1.91. The Bertz CT molecular complexity index is 360. The maximum atomic E-state index is 6.58. The molecule has 17 heavy (non-hydrogen) atoms. The SMILES string of the molecule is CCOc1ccc(C)cc1C(Cl)C(C)C(C)C. The van der Waals surface area contributed by atoms with Gasteiger partial charge in [0.15, 0.2) is 0 Å². The molecule has 0 aromatic heterocycles. The van der Waals surface area contributed by atoms with Crippen LogP contribution in [0.3, 0.4) is 0 Å². The van der Waals surface area contributed by atoms with E-state index in [4.69, 9.17) is 16.3 Å². The number of halogens is 1. The highest BCUT2D eigenvalue weighted by atomic mass is 35.5. The van der Waals surface area contributed by atoms with Gasteiger partial charge in [-0.2, -0.15) is 0 Å². The first-order valence-corrected chi connectivity index (χ1v) is 6.78. The van der Waals surface area contributed by atoms with Crippen LogP contribution in [0, 0.1) is 18.8 Å². The van der Waals surface area contributed by atoms with Crippen LogP contribution in [0.1, 0.15) is 44.2 Å². The summed E-state index contributed by atoms with van der Waals surface area (Å²) >= 11 is 6.58. The Morgan fingerprint density at radius 2 is 1.88 bits per heavy atom. The van der Waals surface area contributed by atoms with Crippen molar-refractivity contribution in [2.45, 2.75) is 40.0 Å². The van der Waals surface area contributed by atoms with E-state index in [1.54, 1.807) is 0 Å². The van der Waals surface area contributed by atoms with E-state index in [0.717, 1.165) is 11.3 Å². The first-order chi connectivity index (χ1) is 7.97. The fourth-order valence-electron chi connectivity index (χ4n) is 1.79. The fourth-order valence-corrected chi connectivity index (χ4v) is 2.25. The van der Waals surface area contributed by atoms with Gasteiger partial charge in [0.25, 0.3) is 0 Å². The topological polar surface area (TPSA) is 9.23 Å². The number of alkyl halides is 1. The molecule has 2 unspecified atom stereocenters. The van der Waals surface area contributed by atoms with Crippen molar-refractivity contribution >= 4 is 11.6 Å². The highest BCUT2D eigenvalue weighted by Gasteiger charge is 2.22. The van der Waals surface area contributed by atoms with Gasteiger partial charge >= 0.3 is 0 Å². The number of ether oxygens (including phenoxy) is 1. The van der Waals surface area contributed by atoms with Gasteiger partial charge in [0.05, 0.1) is 12.0 Å². The van der Waals surface area contributed by atoms with E-state index < -0.39 is 0 Å². The molecule has 0 spiro atoms. The number of hydrogen-bond donors (Lipinski definition) is 0. The second-order valence-corrected chi connectivity index (χ2v) is 5.45. The fraction of sp³-hybridized carbons (Fsp3) is 0.600. The van der Waals surface area contributed by atoms with Crippen LogP contribution in [0.5, 0.6) is 5.75 Å². The molecule has 1 aromatic rings. The van der Waals surface area contributed by atoms with Gasteiger partial charge in [-0.1, -0.05) is 38.5 Å². The zero-order valence-electron chi connectivity index (χ0n) is 11.5. The van der Waals surface area contributed by atoms with Crippen LogP contribution in [0.25, 0.3) is 0 Å². The summed E-state index contributed by atoms with van der Waals surface area (Å²) in [6.45, 7) is 11.4. The minimum absolute atomic E-state index is 0.0106. The van der Waals surface area contributed by atoms with Crippen molar-refractivity contribution < 1.29 is 4.74 Å². The number of rotatable bonds is 5. The van der Waals surface area contributed by atoms with Crippen molar-refractivity contribution in [2.75, 3.05) is 6.61 Å². The molecule has 96 valence electrons. The maximum absolute atomic E-state index is 6.58. The van der Waals surface area contributed by atoms with Gasteiger partial charge in [-0.15, -0.1) is 11.6 Å². The standard InChI is InChI=1S/C15H23ClO/c1-6-17-14-8-7-11(4)9-13(14)15(16)12(5)10(2)3/h7-10,12,15H,6H2,1-5H3. The van der Waals surface area contributed by atoms with Gasteiger partial charge in [-0.3, -0.25) is 0 Å². The Kier molecular flexibility index (Phi) is 5.32. The monoisotopic (exact) mass is 254 g/mol. The summed E-state index contributed by atoms with van der Waals surface area (Å²) in [6.07, 6.45) is 0. The predicted octanol–water partition coefficient (Wildman–Crippen LogP) is 4.97. The summed E-state index contributed by atoms with van der Waals surface area (Å²) in [6, 6.07) is 6.23. The minimum atomic E-state index is 0.0106. The molecule has 0 saturated heterocycles. The van der Waals surface area contributed by atoms with E-state index in [1.165, 1.54) is 5.56 Å². The minimum Gasteiger partial charge on any atom is -0.494 e. The Hall–Kier alpha value is -0.690. The molecule has 0 radical (unpaired) electrons. The van der Waals surface area contributed by atoms with Gasteiger partial charge in [-0.05, 0) is 31.7 Å². The maximum Gasteiger partial charge on any atom is 0.123 e. The zero-order chi connectivity index (χ0) is 13.0. The zero-order valence-corrected chi connectivity index (χ0v) is 12.2. The second-order valence-electron chi connectivity index (χ2n) is 4.98. The molecule has 0 N–H and O–H groups in total. The average molecular weight is 255 g/mol. The molecule has 1 aromatic carbocycles. The molecule has 1 rings (SSSR count). The molecule has 2 heteroatoms. The van der Waals surface area contributed by atoms with E-state index in [0.29, 0.717) is 18.4 Å². The first-order valence-electron chi connectivity index (χ1n) is 6.34. The highest BCUT2D eigenvalue weighted by molar-refractivity contribution is 6.21. The summed E-state index contributed by atoms with van der Waals surface area (Å²) in [4.78, 5) is 0. The van der Waals surface area contributed by atoms with Gasteiger partial charge in [-0.25, -0.2) is 0 Å². The van der Waals surface area contributed by atoms with Crippen molar-refractivity contribution in [2.24, 2.45) is 11.8 Å². The molecule has 0 fully saturated rings. The molecule has 0 heterocycles. The molecule has 2 atom stereocenters. The molecular formula is C15H23ClO.